The number of hydrogen-bond donors (Lipinski definition) is 2. The summed E-state index contributed by atoms with van der Waals surface area (Å²) in [7, 11) is 1.32. The summed E-state index contributed by atoms with van der Waals surface area (Å²) in [5.74, 6) is 0.0899. The molecule has 1 saturated carbocycles. The molecule has 1 fully saturated rings. The zero-order valence-corrected chi connectivity index (χ0v) is 10.1. The number of rotatable bonds is 6. The van der Waals surface area contributed by atoms with E-state index in [1.54, 1.807) is 0 Å². The summed E-state index contributed by atoms with van der Waals surface area (Å²) in [5, 5.41) is 5.83. The van der Waals surface area contributed by atoms with E-state index in [0.29, 0.717) is 12.6 Å². The van der Waals surface area contributed by atoms with Crippen molar-refractivity contribution in [1.82, 2.24) is 10.6 Å². The molecule has 0 spiro atoms. The van der Waals surface area contributed by atoms with E-state index in [1.807, 2.05) is 0 Å². The van der Waals surface area contributed by atoms with Gasteiger partial charge in [0.15, 0.2) is 0 Å². The number of amides is 1. The fraction of sp³-hybridized carbons (Fsp3) is 0.818. The van der Waals surface area contributed by atoms with Gasteiger partial charge in [-0.25, -0.2) is 4.79 Å². The minimum absolute atomic E-state index is 0.222. The molecule has 0 heterocycles. The van der Waals surface area contributed by atoms with Crippen LogP contribution in [0.3, 0.4) is 0 Å². The lowest BCUT2D eigenvalue weighted by atomic mass is 10.2. The lowest BCUT2D eigenvalue weighted by Crippen LogP contribution is -2.47. The molecule has 2 N–H and O–H groups in total. The molecular weight excluding hydrogens is 208 g/mol. The number of carbonyl (C=O) groups is 2. The van der Waals surface area contributed by atoms with E-state index in [4.69, 9.17) is 0 Å². The lowest BCUT2D eigenvalue weighted by molar-refractivity contribution is -0.144. The van der Waals surface area contributed by atoms with Crippen LogP contribution in [0.15, 0.2) is 0 Å². The van der Waals surface area contributed by atoms with Crippen molar-refractivity contribution in [3.63, 3.8) is 0 Å². The van der Waals surface area contributed by atoms with Gasteiger partial charge in [-0.1, -0.05) is 13.3 Å². The van der Waals surface area contributed by atoms with Crippen molar-refractivity contribution in [1.29, 1.82) is 0 Å². The van der Waals surface area contributed by atoms with E-state index in [-0.39, 0.29) is 5.91 Å². The Morgan fingerprint density at radius 3 is 2.62 bits per heavy atom. The normalized spacial score (nSPS) is 24.7. The summed E-state index contributed by atoms with van der Waals surface area (Å²) in [4.78, 5) is 22.3. The molecule has 5 nitrogen and oxygen atoms in total. The first kappa shape index (κ1) is 13.0. The van der Waals surface area contributed by atoms with Crippen LogP contribution in [0.4, 0.5) is 0 Å². The van der Waals surface area contributed by atoms with E-state index >= 15 is 0 Å². The summed E-state index contributed by atoms with van der Waals surface area (Å²) in [6, 6.07) is -0.0912. The average Bonchev–Trinajstić information content (AvgIpc) is 3.01. The molecule has 92 valence electrons. The fourth-order valence-corrected chi connectivity index (χ4v) is 1.80. The largest absolute Gasteiger partial charge is 0.467 e. The zero-order chi connectivity index (χ0) is 12.1. The lowest BCUT2D eigenvalue weighted by Gasteiger charge is -2.16. The van der Waals surface area contributed by atoms with Gasteiger partial charge in [0.1, 0.15) is 6.04 Å². The third-order valence-corrected chi connectivity index (χ3v) is 2.89. The van der Waals surface area contributed by atoms with Crippen molar-refractivity contribution in [3.8, 4) is 0 Å². The van der Waals surface area contributed by atoms with Gasteiger partial charge < -0.3 is 15.4 Å². The van der Waals surface area contributed by atoms with Gasteiger partial charge in [0, 0.05) is 19.5 Å². The highest BCUT2D eigenvalue weighted by Gasteiger charge is 2.35. The van der Waals surface area contributed by atoms with Gasteiger partial charge in [-0.05, 0) is 12.3 Å². The van der Waals surface area contributed by atoms with Gasteiger partial charge in [-0.15, -0.1) is 0 Å². The molecule has 1 rings (SSSR count). The summed E-state index contributed by atoms with van der Waals surface area (Å²) in [6.45, 7) is 3.98. The summed E-state index contributed by atoms with van der Waals surface area (Å²) in [5.41, 5.74) is 0. The summed E-state index contributed by atoms with van der Waals surface area (Å²) >= 11 is 0. The van der Waals surface area contributed by atoms with Crippen LogP contribution in [0.1, 0.15) is 26.7 Å². The smallest absolute Gasteiger partial charge is 0.329 e. The molecule has 5 heteroatoms. The predicted molar refractivity (Wildman–Crippen MR) is 59.8 cm³/mol. The van der Waals surface area contributed by atoms with Crippen molar-refractivity contribution in [2.45, 2.75) is 38.8 Å². The SMILES string of the molecule is CCC1CC1NCC(NC(C)=O)C(=O)OC. The topological polar surface area (TPSA) is 67.4 Å². The summed E-state index contributed by atoms with van der Waals surface area (Å²) in [6.07, 6.45) is 2.31. The van der Waals surface area contributed by atoms with E-state index in [0.717, 1.165) is 18.8 Å². The van der Waals surface area contributed by atoms with Crippen LogP contribution >= 0.6 is 0 Å². The first-order valence-electron chi connectivity index (χ1n) is 5.66. The number of hydrogen-bond acceptors (Lipinski definition) is 4. The molecule has 3 unspecified atom stereocenters. The van der Waals surface area contributed by atoms with Crippen LogP contribution in [0.5, 0.6) is 0 Å². The predicted octanol–water partition coefficient (Wildman–Crippen LogP) is 0.0522. The highest BCUT2D eigenvalue weighted by atomic mass is 16.5. The maximum Gasteiger partial charge on any atom is 0.329 e. The van der Waals surface area contributed by atoms with Gasteiger partial charge in [0.25, 0.3) is 0 Å². The Kier molecular flexibility index (Phi) is 4.73. The van der Waals surface area contributed by atoms with Crippen LogP contribution in [-0.4, -0.2) is 37.6 Å². The van der Waals surface area contributed by atoms with E-state index in [2.05, 4.69) is 22.3 Å². The summed E-state index contributed by atoms with van der Waals surface area (Å²) < 4.78 is 4.63. The fourth-order valence-electron chi connectivity index (χ4n) is 1.80. The molecule has 0 aromatic carbocycles. The monoisotopic (exact) mass is 228 g/mol. The maximum atomic E-state index is 11.4. The highest BCUT2D eigenvalue weighted by molar-refractivity contribution is 5.83. The van der Waals surface area contributed by atoms with Crippen molar-refractivity contribution < 1.29 is 14.3 Å². The van der Waals surface area contributed by atoms with Crippen molar-refractivity contribution in [2.24, 2.45) is 5.92 Å². The quantitative estimate of drug-likeness (QED) is 0.630. The first-order chi connectivity index (χ1) is 7.58. The molecule has 1 aliphatic rings. The molecule has 0 aromatic heterocycles. The van der Waals surface area contributed by atoms with Gasteiger partial charge in [0.2, 0.25) is 5.91 Å². The van der Waals surface area contributed by atoms with Crippen molar-refractivity contribution in [2.75, 3.05) is 13.7 Å². The van der Waals surface area contributed by atoms with Crippen molar-refractivity contribution >= 4 is 11.9 Å². The van der Waals surface area contributed by atoms with Gasteiger partial charge >= 0.3 is 5.97 Å². The van der Waals surface area contributed by atoms with E-state index in [1.165, 1.54) is 14.0 Å². The molecule has 0 bridgehead atoms. The molecule has 3 atom stereocenters. The number of esters is 1. The number of ether oxygens (including phenoxy) is 1. The Hall–Kier alpha value is -1.10. The average molecular weight is 228 g/mol. The molecule has 16 heavy (non-hydrogen) atoms. The Balaban J connectivity index is 2.32. The molecule has 1 amide bonds. The van der Waals surface area contributed by atoms with Gasteiger partial charge in [-0.2, -0.15) is 0 Å². The van der Waals surface area contributed by atoms with Crippen molar-refractivity contribution in [3.05, 3.63) is 0 Å². The van der Waals surface area contributed by atoms with Crippen LogP contribution in [0.25, 0.3) is 0 Å². The Morgan fingerprint density at radius 2 is 2.19 bits per heavy atom. The molecule has 0 saturated heterocycles. The van der Waals surface area contributed by atoms with Crippen LogP contribution in [0, 0.1) is 5.92 Å². The highest BCUT2D eigenvalue weighted by Crippen LogP contribution is 2.32. The van der Waals surface area contributed by atoms with Crippen LogP contribution < -0.4 is 10.6 Å². The second-order valence-electron chi connectivity index (χ2n) is 4.20. The van der Waals surface area contributed by atoms with Crippen LogP contribution in [-0.2, 0) is 14.3 Å². The minimum Gasteiger partial charge on any atom is -0.467 e. The minimum atomic E-state index is -0.583. The number of carbonyl (C=O) groups excluding carboxylic acids is 2. The molecule has 0 radical (unpaired) electrons. The van der Waals surface area contributed by atoms with E-state index in [9.17, 15) is 9.59 Å². The third-order valence-electron chi connectivity index (χ3n) is 2.89. The van der Waals surface area contributed by atoms with Gasteiger partial charge in [-0.3, -0.25) is 4.79 Å². The zero-order valence-electron chi connectivity index (χ0n) is 10.1. The second-order valence-corrected chi connectivity index (χ2v) is 4.20. The maximum absolute atomic E-state index is 11.4. The first-order valence-corrected chi connectivity index (χ1v) is 5.66. The third kappa shape index (κ3) is 3.81. The van der Waals surface area contributed by atoms with Crippen LogP contribution in [0.2, 0.25) is 0 Å². The standard InChI is InChI=1S/C11H20N2O3/c1-4-8-5-9(8)12-6-10(11(15)16-3)13-7(2)14/h8-10,12H,4-6H2,1-3H3,(H,13,14). The number of methoxy groups -OCH3 is 1. The Morgan fingerprint density at radius 1 is 1.50 bits per heavy atom. The van der Waals surface area contributed by atoms with E-state index < -0.39 is 12.0 Å². The Labute approximate surface area is 95.9 Å². The molecular formula is C11H20N2O3. The van der Waals surface area contributed by atoms with Gasteiger partial charge in [0.05, 0.1) is 7.11 Å². The second kappa shape index (κ2) is 5.84. The molecule has 1 aliphatic carbocycles. The number of nitrogens with one attached hydrogen (secondary N) is 2. The molecule has 0 aliphatic heterocycles. The Bertz CT molecular complexity index is 268. The molecule has 0 aromatic rings.